The standard InChI is InChI=1S/C19H23N3O5/c1-12(13-6-8-14(9-7-13)22-11-5-10-20-22)21-17(23)15-16(18(24)25-4)27-19(2,3)26-15/h5-12,15-16H,1-4H3,(H,21,23)/t12-,15-,16-/m1/s1. The molecule has 1 saturated heterocycles. The van der Waals surface area contributed by atoms with Gasteiger partial charge in [0.1, 0.15) is 0 Å². The second kappa shape index (κ2) is 7.50. The summed E-state index contributed by atoms with van der Waals surface area (Å²) in [5.41, 5.74) is 1.83. The molecule has 0 saturated carbocycles. The highest BCUT2D eigenvalue weighted by Crippen LogP contribution is 2.29. The molecule has 1 amide bonds. The molecule has 3 rings (SSSR count). The summed E-state index contributed by atoms with van der Waals surface area (Å²) in [4.78, 5) is 24.6. The van der Waals surface area contributed by atoms with Gasteiger partial charge in [0.25, 0.3) is 5.91 Å². The van der Waals surface area contributed by atoms with E-state index in [1.165, 1.54) is 7.11 Å². The van der Waals surface area contributed by atoms with Gasteiger partial charge in [0.05, 0.1) is 18.8 Å². The molecule has 2 aromatic rings. The molecule has 27 heavy (non-hydrogen) atoms. The van der Waals surface area contributed by atoms with E-state index in [4.69, 9.17) is 14.2 Å². The lowest BCUT2D eigenvalue weighted by atomic mass is 10.1. The minimum atomic E-state index is -1.10. The fraction of sp³-hybridized carbons (Fsp3) is 0.421. The SMILES string of the molecule is COC(=O)[C@@H]1OC(C)(C)O[C@H]1C(=O)N[C@H](C)c1ccc(-n2cccn2)cc1. The van der Waals surface area contributed by atoms with Gasteiger partial charge in [-0.1, -0.05) is 12.1 Å². The van der Waals surface area contributed by atoms with Gasteiger partial charge in [-0.15, -0.1) is 0 Å². The molecular formula is C19H23N3O5. The van der Waals surface area contributed by atoms with Crippen molar-refractivity contribution in [1.82, 2.24) is 15.1 Å². The predicted octanol–water partition coefficient (Wildman–Crippen LogP) is 1.74. The van der Waals surface area contributed by atoms with Crippen molar-refractivity contribution in [2.24, 2.45) is 0 Å². The molecule has 0 aliphatic carbocycles. The lowest BCUT2D eigenvalue weighted by Crippen LogP contribution is -2.45. The minimum Gasteiger partial charge on any atom is -0.467 e. The van der Waals surface area contributed by atoms with Crippen LogP contribution in [-0.4, -0.2) is 46.8 Å². The summed E-state index contributed by atoms with van der Waals surface area (Å²) in [6.45, 7) is 5.15. The first kappa shape index (κ1) is 19.1. The van der Waals surface area contributed by atoms with E-state index in [0.29, 0.717) is 0 Å². The fourth-order valence-corrected chi connectivity index (χ4v) is 2.96. The number of esters is 1. The van der Waals surface area contributed by atoms with E-state index in [2.05, 4.69) is 10.4 Å². The lowest BCUT2D eigenvalue weighted by Gasteiger charge is -2.20. The Hall–Kier alpha value is -2.71. The van der Waals surface area contributed by atoms with Crippen molar-refractivity contribution in [2.45, 2.75) is 44.8 Å². The number of amides is 1. The van der Waals surface area contributed by atoms with E-state index in [1.807, 2.05) is 43.5 Å². The Bertz CT molecular complexity index is 801. The van der Waals surface area contributed by atoms with Crippen LogP contribution in [0.2, 0.25) is 0 Å². The molecule has 0 unspecified atom stereocenters. The maximum Gasteiger partial charge on any atom is 0.338 e. The molecule has 1 aliphatic rings. The Balaban J connectivity index is 1.68. The highest BCUT2D eigenvalue weighted by molar-refractivity contribution is 5.89. The minimum absolute atomic E-state index is 0.283. The van der Waals surface area contributed by atoms with Crippen molar-refractivity contribution in [3.8, 4) is 5.69 Å². The van der Waals surface area contributed by atoms with Crippen LogP contribution in [0.15, 0.2) is 42.7 Å². The van der Waals surface area contributed by atoms with Crippen LogP contribution in [0, 0.1) is 0 Å². The number of benzene rings is 1. The fourth-order valence-electron chi connectivity index (χ4n) is 2.96. The van der Waals surface area contributed by atoms with Crippen molar-refractivity contribution in [1.29, 1.82) is 0 Å². The average Bonchev–Trinajstić information content (AvgIpc) is 3.28. The van der Waals surface area contributed by atoms with Gasteiger partial charge in [0.15, 0.2) is 18.0 Å². The number of methoxy groups -OCH3 is 1. The summed E-state index contributed by atoms with van der Waals surface area (Å²) in [7, 11) is 1.25. The molecule has 144 valence electrons. The Morgan fingerprint density at radius 2 is 1.89 bits per heavy atom. The Morgan fingerprint density at radius 1 is 1.22 bits per heavy atom. The first-order chi connectivity index (χ1) is 12.8. The summed E-state index contributed by atoms with van der Waals surface area (Å²) in [6.07, 6.45) is 1.39. The number of rotatable bonds is 5. The molecule has 0 radical (unpaired) electrons. The third-order valence-corrected chi connectivity index (χ3v) is 4.31. The molecule has 3 atom stereocenters. The van der Waals surface area contributed by atoms with Crippen molar-refractivity contribution in [3.05, 3.63) is 48.3 Å². The number of hydrogen-bond donors (Lipinski definition) is 1. The van der Waals surface area contributed by atoms with Crippen LogP contribution in [0.1, 0.15) is 32.4 Å². The van der Waals surface area contributed by atoms with Gasteiger partial charge in [-0.05, 0) is 44.5 Å². The van der Waals surface area contributed by atoms with Gasteiger partial charge in [0.2, 0.25) is 0 Å². The summed E-state index contributed by atoms with van der Waals surface area (Å²) >= 11 is 0. The second-order valence-corrected chi connectivity index (χ2v) is 6.77. The molecule has 1 N–H and O–H groups in total. The van der Waals surface area contributed by atoms with Gasteiger partial charge in [-0.2, -0.15) is 5.10 Å². The number of ether oxygens (including phenoxy) is 3. The molecule has 1 fully saturated rings. The Morgan fingerprint density at radius 3 is 2.48 bits per heavy atom. The molecule has 8 heteroatoms. The van der Waals surface area contributed by atoms with E-state index >= 15 is 0 Å². The smallest absolute Gasteiger partial charge is 0.338 e. The first-order valence-corrected chi connectivity index (χ1v) is 8.64. The first-order valence-electron chi connectivity index (χ1n) is 8.64. The molecule has 0 spiro atoms. The van der Waals surface area contributed by atoms with Gasteiger partial charge in [0, 0.05) is 12.4 Å². The van der Waals surface area contributed by atoms with Crippen molar-refractivity contribution in [2.75, 3.05) is 7.11 Å². The highest BCUT2D eigenvalue weighted by Gasteiger charge is 2.49. The molecule has 1 aromatic heterocycles. The van der Waals surface area contributed by atoms with Crippen LogP contribution in [0.25, 0.3) is 5.69 Å². The second-order valence-electron chi connectivity index (χ2n) is 6.77. The van der Waals surface area contributed by atoms with Crippen molar-refractivity contribution in [3.63, 3.8) is 0 Å². The number of hydrogen-bond acceptors (Lipinski definition) is 6. The summed E-state index contributed by atoms with van der Waals surface area (Å²) in [5, 5.41) is 7.05. The third kappa shape index (κ3) is 4.17. The number of carbonyl (C=O) groups is 2. The Kier molecular flexibility index (Phi) is 5.29. The van der Waals surface area contributed by atoms with E-state index in [0.717, 1.165) is 11.3 Å². The molecule has 1 aliphatic heterocycles. The zero-order valence-electron chi connectivity index (χ0n) is 15.7. The van der Waals surface area contributed by atoms with E-state index < -0.39 is 29.9 Å². The zero-order valence-corrected chi connectivity index (χ0v) is 15.7. The third-order valence-electron chi connectivity index (χ3n) is 4.31. The summed E-state index contributed by atoms with van der Waals surface area (Å²) < 4.78 is 17.6. The molecule has 8 nitrogen and oxygen atoms in total. The van der Waals surface area contributed by atoms with Crippen LogP contribution in [-0.2, 0) is 23.8 Å². The maximum absolute atomic E-state index is 12.7. The number of nitrogens with zero attached hydrogens (tertiary/aromatic N) is 2. The van der Waals surface area contributed by atoms with E-state index in [1.54, 1.807) is 24.7 Å². The van der Waals surface area contributed by atoms with Crippen LogP contribution < -0.4 is 5.32 Å². The summed E-state index contributed by atoms with van der Waals surface area (Å²) in [5.74, 6) is -2.12. The molecule has 0 bridgehead atoms. The summed E-state index contributed by atoms with van der Waals surface area (Å²) in [6, 6.07) is 9.22. The normalized spacial score (nSPS) is 22.2. The zero-order chi connectivity index (χ0) is 19.6. The monoisotopic (exact) mass is 373 g/mol. The van der Waals surface area contributed by atoms with Gasteiger partial charge in [-0.3, -0.25) is 4.79 Å². The van der Waals surface area contributed by atoms with Gasteiger partial charge >= 0.3 is 5.97 Å². The van der Waals surface area contributed by atoms with Crippen molar-refractivity contribution < 1.29 is 23.8 Å². The number of nitrogens with one attached hydrogen (secondary N) is 1. The van der Waals surface area contributed by atoms with Crippen LogP contribution >= 0.6 is 0 Å². The topological polar surface area (TPSA) is 91.7 Å². The van der Waals surface area contributed by atoms with E-state index in [-0.39, 0.29) is 6.04 Å². The quantitative estimate of drug-likeness (QED) is 0.803. The predicted molar refractivity (Wildman–Crippen MR) is 96.0 cm³/mol. The van der Waals surface area contributed by atoms with Crippen LogP contribution in [0.5, 0.6) is 0 Å². The van der Waals surface area contributed by atoms with Gasteiger partial charge < -0.3 is 19.5 Å². The number of aromatic nitrogens is 2. The van der Waals surface area contributed by atoms with Crippen LogP contribution in [0.4, 0.5) is 0 Å². The van der Waals surface area contributed by atoms with Crippen molar-refractivity contribution >= 4 is 11.9 Å². The molecule has 1 aromatic carbocycles. The lowest BCUT2D eigenvalue weighted by molar-refractivity contribution is -0.168. The molecular weight excluding hydrogens is 350 g/mol. The molecule has 2 heterocycles. The van der Waals surface area contributed by atoms with Gasteiger partial charge in [-0.25, -0.2) is 9.48 Å². The van der Waals surface area contributed by atoms with E-state index in [9.17, 15) is 9.59 Å². The maximum atomic E-state index is 12.7. The van der Waals surface area contributed by atoms with Crippen LogP contribution in [0.3, 0.4) is 0 Å². The Labute approximate surface area is 157 Å². The largest absolute Gasteiger partial charge is 0.467 e. The number of carbonyl (C=O) groups excluding carboxylic acids is 2. The average molecular weight is 373 g/mol. The highest BCUT2D eigenvalue weighted by atomic mass is 16.8.